The van der Waals surface area contributed by atoms with Crippen LogP contribution >= 0.6 is 0 Å². The molecule has 0 aliphatic carbocycles. The number of para-hydroxylation sites is 2. The molecule has 0 aromatic heterocycles. The van der Waals surface area contributed by atoms with Gasteiger partial charge in [0.2, 0.25) is 0 Å². The Morgan fingerprint density at radius 3 is 1.90 bits per heavy atom. The zero-order chi connectivity index (χ0) is 15.4. The van der Waals surface area contributed by atoms with Gasteiger partial charge in [-0.25, -0.2) is 0 Å². The fourth-order valence-electron chi connectivity index (χ4n) is 1.96. The molecule has 0 aliphatic rings. The van der Waals surface area contributed by atoms with E-state index in [1.807, 2.05) is 0 Å². The zero-order valence-electron chi connectivity index (χ0n) is 11.1. The third kappa shape index (κ3) is 3.51. The number of hydrogen-bond donors (Lipinski definition) is 4. The molecule has 0 aliphatic heterocycles. The van der Waals surface area contributed by atoms with Crippen molar-refractivity contribution in [3.63, 3.8) is 0 Å². The Morgan fingerprint density at radius 2 is 1.38 bits per heavy atom. The zero-order valence-corrected chi connectivity index (χ0v) is 12.0. The van der Waals surface area contributed by atoms with Crippen LogP contribution in [0.5, 0.6) is 11.5 Å². The van der Waals surface area contributed by atoms with Gasteiger partial charge >= 0.3 is 131 Å². The van der Waals surface area contributed by atoms with Crippen molar-refractivity contribution in [1.82, 2.24) is 0 Å². The minimum absolute atomic E-state index is 0.00263. The number of nitrogens with one attached hydrogen (secondary N) is 2. The number of rotatable bonds is 5. The third-order valence-corrected chi connectivity index (χ3v) is 3.55. The first kappa shape index (κ1) is 15.3. The molecule has 21 heavy (non-hydrogen) atoms. The van der Waals surface area contributed by atoms with E-state index in [0.29, 0.717) is 11.1 Å². The summed E-state index contributed by atoms with van der Waals surface area (Å²) in [4.78, 5) is -0.669. The van der Waals surface area contributed by atoms with Gasteiger partial charge in [0.05, 0.1) is 0 Å². The molecule has 4 nitrogen and oxygen atoms in total. The van der Waals surface area contributed by atoms with Crippen LogP contribution in [0.3, 0.4) is 0 Å². The summed E-state index contributed by atoms with van der Waals surface area (Å²) in [5.74, 6) is 0.0270. The summed E-state index contributed by atoms with van der Waals surface area (Å²) in [5, 5.41) is 35.5. The summed E-state index contributed by atoms with van der Waals surface area (Å²) >= 11 is 5.43. The van der Waals surface area contributed by atoms with Gasteiger partial charge in [0.15, 0.2) is 0 Å². The van der Waals surface area contributed by atoms with Crippen molar-refractivity contribution in [3.05, 3.63) is 59.7 Å². The fourth-order valence-corrected chi connectivity index (χ4v) is 2.30. The molecule has 0 radical (unpaired) electrons. The Balaban J connectivity index is 2.13. The predicted octanol–water partition coefficient (Wildman–Crippen LogP) is 3.26. The van der Waals surface area contributed by atoms with Gasteiger partial charge in [-0.05, 0) is 0 Å². The average molecular weight is 331 g/mol. The molecule has 0 heterocycles. The molecule has 0 saturated heterocycles. The first-order valence-electron chi connectivity index (χ1n) is 6.33. The Labute approximate surface area is 131 Å². The van der Waals surface area contributed by atoms with Crippen LogP contribution in [0.2, 0.25) is 4.82 Å². The van der Waals surface area contributed by atoms with Crippen LogP contribution in [0.4, 0.5) is 0 Å². The summed E-state index contributed by atoms with van der Waals surface area (Å²) in [6.07, 6.45) is 0.130. The molecule has 112 valence electrons. The summed E-state index contributed by atoms with van der Waals surface area (Å²) in [6.45, 7) is 0. The van der Waals surface area contributed by atoms with Crippen molar-refractivity contribution in [2.75, 3.05) is 0 Å². The Bertz CT molecular complexity index is 685. The van der Waals surface area contributed by atoms with E-state index in [1.165, 1.54) is 12.1 Å². The van der Waals surface area contributed by atoms with E-state index < -0.39 is 4.82 Å². The Kier molecular flexibility index (Phi) is 4.78. The average Bonchev–Trinajstić information content (AvgIpc) is 2.47. The molecular formula is C16H15CuN2O2. The van der Waals surface area contributed by atoms with Crippen LogP contribution < -0.4 is 0 Å². The van der Waals surface area contributed by atoms with Crippen LogP contribution in [0.15, 0.2) is 48.5 Å². The standard InChI is InChI=1S/C16H15N2O2.Cu/c17-13(11-5-1-3-7-15(11)19)9-10-14(18)12-6-2-4-8-16(12)20;/h1-9,17-20H,10H2;. The van der Waals surface area contributed by atoms with Crippen molar-refractivity contribution in [2.24, 2.45) is 0 Å². The maximum atomic E-state index is 9.74. The first-order valence-corrected chi connectivity index (χ1v) is 6.87. The first-order chi connectivity index (χ1) is 10.0. The van der Waals surface area contributed by atoms with Gasteiger partial charge in [-0.2, -0.15) is 0 Å². The van der Waals surface area contributed by atoms with Crippen molar-refractivity contribution in [3.8, 4) is 11.5 Å². The van der Waals surface area contributed by atoms with Gasteiger partial charge in [-0.3, -0.25) is 0 Å². The molecule has 2 aromatic rings. The van der Waals surface area contributed by atoms with Crippen molar-refractivity contribution >= 4 is 11.4 Å². The molecule has 2 rings (SSSR count). The quantitative estimate of drug-likeness (QED) is 0.501. The molecular weight excluding hydrogens is 316 g/mol. The van der Waals surface area contributed by atoms with E-state index in [4.69, 9.17) is 26.8 Å². The monoisotopic (exact) mass is 330 g/mol. The second kappa shape index (κ2) is 6.57. The topological polar surface area (TPSA) is 88.2 Å². The normalized spacial score (nSPS) is 11.9. The van der Waals surface area contributed by atoms with Crippen LogP contribution in [0.1, 0.15) is 17.5 Å². The predicted molar refractivity (Wildman–Crippen MR) is 78.2 cm³/mol. The van der Waals surface area contributed by atoms with Crippen molar-refractivity contribution in [1.29, 1.82) is 10.8 Å². The number of benzene rings is 2. The molecule has 1 unspecified atom stereocenters. The van der Waals surface area contributed by atoms with Gasteiger partial charge in [0.25, 0.3) is 0 Å². The molecule has 5 heteroatoms. The van der Waals surface area contributed by atoms with E-state index in [1.54, 1.807) is 36.4 Å². The van der Waals surface area contributed by atoms with Crippen LogP contribution in [0, 0.1) is 10.8 Å². The summed E-state index contributed by atoms with van der Waals surface area (Å²) in [6, 6.07) is 13.1. The molecule has 0 amide bonds. The van der Waals surface area contributed by atoms with Crippen LogP contribution in [-0.2, 0) is 16.0 Å². The second-order valence-electron chi connectivity index (χ2n) is 4.54. The number of phenols is 2. The van der Waals surface area contributed by atoms with Crippen LogP contribution in [-0.4, -0.2) is 21.6 Å². The molecule has 0 spiro atoms. The number of phenolic OH excluding ortho intramolecular Hbond substituents is 2. The van der Waals surface area contributed by atoms with Gasteiger partial charge in [-0.15, -0.1) is 0 Å². The molecule has 0 bridgehead atoms. The summed E-state index contributed by atoms with van der Waals surface area (Å²) < 4.78 is 0. The third-order valence-electron chi connectivity index (χ3n) is 3.08. The molecule has 1 atom stereocenters. The van der Waals surface area contributed by atoms with Crippen molar-refractivity contribution < 1.29 is 26.2 Å². The summed E-state index contributed by atoms with van der Waals surface area (Å²) in [7, 11) is 0. The molecule has 0 saturated carbocycles. The number of hydrogen-bond acceptors (Lipinski definition) is 4. The van der Waals surface area contributed by atoms with Gasteiger partial charge in [-0.1, -0.05) is 0 Å². The maximum absolute atomic E-state index is 9.74. The Hall–Kier alpha value is -2.10. The van der Waals surface area contributed by atoms with Gasteiger partial charge < -0.3 is 0 Å². The van der Waals surface area contributed by atoms with E-state index in [-0.39, 0.29) is 29.3 Å². The van der Waals surface area contributed by atoms with E-state index in [2.05, 4.69) is 0 Å². The summed E-state index contributed by atoms with van der Waals surface area (Å²) in [5.41, 5.74) is 1.04. The second-order valence-corrected chi connectivity index (χ2v) is 5.20. The van der Waals surface area contributed by atoms with Crippen LogP contribution in [0.25, 0.3) is 0 Å². The van der Waals surface area contributed by atoms with E-state index in [0.717, 1.165) is 0 Å². The minimum atomic E-state index is -0.669. The van der Waals surface area contributed by atoms with Crippen molar-refractivity contribution in [2.45, 2.75) is 11.2 Å². The molecule has 4 N–H and O–H groups in total. The van der Waals surface area contributed by atoms with Gasteiger partial charge in [0.1, 0.15) is 0 Å². The fraction of sp³-hybridized carbons (Fsp3) is 0.125. The molecule has 0 fully saturated rings. The van der Waals surface area contributed by atoms with Gasteiger partial charge in [0, 0.05) is 0 Å². The SMILES string of the molecule is N=C(C[CH]([Cu])C(=N)c1ccccc1O)c1ccccc1O. The molecule has 2 aromatic carbocycles. The van der Waals surface area contributed by atoms with E-state index in [9.17, 15) is 10.2 Å². The van der Waals surface area contributed by atoms with E-state index >= 15 is 0 Å². The Morgan fingerprint density at radius 1 is 0.905 bits per heavy atom. The number of aromatic hydroxyl groups is 2.